The molecular weight excluding hydrogens is 262 g/mol. The molecule has 2 aromatic heterocycles. The van der Waals surface area contributed by atoms with E-state index in [1.54, 1.807) is 11.3 Å². The maximum Gasteiger partial charge on any atom is 0.329 e. The van der Waals surface area contributed by atoms with Gasteiger partial charge < -0.3 is 5.73 Å². The van der Waals surface area contributed by atoms with Crippen molar-refractivity contribution in [3.63, 3.8) is 0 Å². The fourth-order valence-electron chi connectivity index (χ4n) is 2.73. The monoisotopic (exact) mass is 279 g/mol. The molecule has 0 saturated carbocycles. The van der Waals surface area contributed by atoms with Crippen LogP contribution in [0.3, 0.4) is 0 Å². The molecule has 0 aliphatic heterocycles. The van der Waals surface area contributed by atoms with Gasteiger partial charge in [0, 0.05) is 11.4 Å². The molecule has 6 heteroatoms. The van der Waals surface area contributed by atoms with E-state index in [1.807, 2.05) is 0 Å². The zero-order valence-electron chi connectivity index (χ0n) is 10.7. The second kappa shape index (κ2) is 4.94. The lowest BCUT2D eigenvalue weighted by atomic mass is 10.2. The Morgan fingerprint density at radius 3 is 2.89 bits per heavy atom. The van der Waals surface area contributed by atoms with E-state index in [9.17, 15) is 9.59 Å². The predicted molar refractivity (Wildman–Crippen MR) is 77.0 cm³/mol. The van der Waals surface area contributed by atoms with Crippen LogP contribution < -0.4 is 17.0 Å². The molecule has 102 valence electrons. The van der Waals surface area contributed by atoms with E-state index in [-0.39, 0.29) is 11.2 Å². The van der Waals surface area contributed by atoms with E-state index >= 15 is 0 Å². The van der Waals surface area contributed by atoms with E-state index in [0.717, 1.165) is 47.9 Å². The SMILES string of the molecule is NCCCCn1c(=O)[nH]c2sc3c(c2c1=O)CCC3. The van der Waals surface area contributed by atoms with Gasteiger partial charge in [-0.15, -0.1) is 11.3 Å². The number of unbranched alkanes of at least 4 members (excludes halogenated alkanes) is 1. The van der Waals surface area contributed by atoms with Gasteiger partial charge in [-0.3, -0.25) is 14.3 Å². The summed E-state index contributed by atoms with van der Waals surface area (Å²) in [7, 11) is 0. The summed E-state index contributed by atoms with van der Waals surface area (Å²) in [6.07, 6.45) is 4.69. The molecule has 3 N–H and O–H groups in total. The first-order valence-corrected chi connectivity index (χ1v) is 7.51. The molecule has 19 heavy (non-hydrogen) atoms. The van der Waals surface area contributed by atoms with Crippen LogP contribution in [0.15, 0.2) is 9.59 Å². The fourth-order valence-corrected chi connectivity index (χ4v) is 4.00. The largest absolute Gasteiger partial charge is 0.330 e. The number of H-pyrrole nitrogens is 1. The molecule has 0 amide bonds. The summed E-state index contributed by atoms with van der Waals surface area (Å²) in [6.45, 7) is 1.04. The van der Waals surface area contributed by atoms with Crippen molar-refractivity contribution in [3.05, 3.63) is 31.3 Å². The van der Waals surface area contributed by atoms with Crippen LogP contribution in [-0.4, -0.2) is 16.1 Å². The first-order chi connectivity index (χ1) is 9.22. The molecule has 2 aromatic rings. The van der Waals surface area contributed by atoms with Crippen LogP contribution in [0.2, 0.25) is 0 Å². The summed E-state index contributed by atoms with van der Waals surface area (Å²) in [6, 6.07) is 0. The number of fused-ring (bicyclic) bond motifs is 3. The lowest BCUT2D eigenvalue weighted by Crippen LogP contribution is -2.35. The second-order valence-corrected chi connectivity index (χ2v) is 6.05. The number of thiophene rings is 1. The highest BCUT2D eigenvalue weighted by Gasteiger charge is 2.21. The Morgan fingerprint density at radius 1 is 1.26 bits per heavy atom. The van der Waals surface area contributed by atoms with E-state index in [2.05, 4.69) is 4.98 Å². The van der Waals surface area contributed by atoms with Crippen molar-refractivity contribution in [2.75, 3.05) is 6.54 Å². The molecule has 0 unspecified atom stereocenters. The van der Waals surface area contributed by atoms with Crippen molar-refractivity contribution in [2.24, 2.45) is 5.73 Å². The third-order valence-electron chi connectivity index (χ3n) is 3.68. The average molecular weight is 279 g/mol. The van der Waals surface area contributed by atoms with Gasteiger partial charge in [0.1, 0.15) is 4.83 Å². The van der Waals surface area contributed by atoms with Crippen molar-refractivity contribution in [1.82, 2.24) is 9.55 Å². The van der Waals surface area contributed by atoms with Gasteiger partial charge in [0.05, 0.1) is 5.39 Å². The average Bonchev–Trinajstić information content (AvgIpc) is 2.93. The maximum atomic E-state index is 12.5. The first-order valence-electron chi connectivity index (χ1n) is 6.70. The topological polar surface area (TPSA) is 80.9 Å². The smallest absolute Gasteiger partial charge is 0.329 e. The van der Waals surface area contributed by atoms with Gasteiger partial charge in [0.25, 0.3) is 5.56 Å². The summed E-state index contributed by atoms with van der Waals surface area (Å²) in [5.41, 5.74) is 6.18. The minimum atomic E-state index is -0.297. The molecule has 2 heterocycles. The Morgan fingerprint density at radius 2 is 2.11 bits per heavy atom. The van der Waals surface area contributed by atoms with Crippen LogP contribution in [0.1, 0.15) is 29.7 Å². The number of hydrogen-bond acceptors (Lipinski definition) is 4. The van der Waals surface area contributed by atoms with Crippen LogP contribution >= 0.6 is 11.3 Å². The number of nitrogens with two attached hydrogens (primary N) is 1. The van der Waals surface area contributed by atoms with Crippen molar-refractivity contribution in [3.8, 4) is 0 Å². The van der Waals surface area contributed by atoms with E-state index < -0.39 is 0 Å². The minimum absolute atomic E-state index is 0.129. The highest BCUT2D eigenvalue weighted by atomic mass is 32.1. The Bertz CT molecular complexity index is 726. The number of nitrogens with one attached hydrogen (secondary N) is 1. The highest BCUT2D eigenvalue weighted by Crippen LogP contribution is 2.33. The molecule has 1 aliphatic carbocycles. The number of aromatic nitrogens is 2. The molecule has 0 saturated heterocycles. The number of hydrogen-bond donors (Lipinski definition) is 2. The van der Waals surface area contributed by atoms with Crippen molar-refractivity contribution in [2.45, 2.75) is 38.6 Å². The summed E-state index contributed by atoms with van der Waals surface area (Å²) in [5.74, 6) is 0. The maximum absolute atomic E-state index is 12.5. The highest BCUT2D eigenvalue weighted by molar-refractivity contribution is 7.18. The van der Waals surface area contributed by atoms with Crippen LogP contribution in [0.5, 0.6) is 0 Å². The summed E-state index contributed by atoms with van der Waals surface area (Å²) in [5, 5.41) is 0.741. The summed E-state index contributed by atoms with van der Waals surface area (Å²) < 4.78 is 1.32. The molecule has 0 radical (unpaired) electrons. The molecule has 0 spiro atoms. The molecule has 0 aromatic carbocycles. The summed E-state index contributed by atoms with van der Waals surface area (Å²) in [4.78, 5) is 29.3. The molecular formula is C13H17N3O2S. The van der Waals surface area contributed by atoms with Crippen molar-refractivity contribution in [1.29, 1.82) is 0 Å². The number of rotatable bonds is 4. The Labute approximate surface area is 114 Å². The van der Waals surface area contributed by atoms with Gasteiger partial charge >= 0.3 is 5.69 Å². The van der Waals surface area contributed by atoms with Crippen molar-refractivity contribution >= 4 is 21.6 Å². The first kappa shape index (κ1) is 12.6. The lowest BCUT2D eigenvalue weighted by molar-refractivity contribution is 0.577. The van der Waals surface area contributed by atoms with Crippen molar-refractivity contribution < 1.29 is 0 Å². The molecule has 0 atom stereocenters. The third kappa shape index (κ3) is 2.04. The van der Waals surface area contributed by atoms with Gasteiger partial charge in [-0.1, -0.05) is 0 Å². The molecule has 5 nitrogen and oxygen atoms in total. The number of aryl methyl sites for hydroxylation is 2. The number of aromatic amines is 1. The Kier molecular flexibility index (Phi) is 3.28. The van der Waals surface area contributed by atoms with E-state index in [0.29, 0.717) is 13.1 Å². The normalized spacial score (nSPS) is 14.2. The molecule has 0 fully saturated rings. The Hall–Kier alpha value is -1.40. The minimum Gasteiger partial charge on any atom is -0.330 e. The van der Waals surface area contributed by atoms with Crippen LogP contribution in [0.4, 0.5) is 0 Å². The van der Waals surface area contributed by atoms with Gasteiger partial charge in [0.15, 0.2) is 0 Å². The third-order valence-corrected chi connectivity index (χ3v) is 4.89. The van der Waals surface area contributed by atoms with E-state index in [1.165, 1.54) is 9.44 Å². The van der Waals surface area contributed by atoms with Crippen LogP contribution in [-0.2, 0) is 19.4 Å². The quantitative estimate of drug-likeness (QED) is 0.819. The standard InChI is InChI=1S/C13H17N3O2S/c14-6-1-2-7-16-12(17)10-8-4-3-5-9(8)19-11(10)15-13(16)18/h1-7,14H2,(H,15,18). The Balaban J connectivity index is 2.13. The zero-order chi connectivity index (χ0) is 13.4. The zero-order valence-corrected chi connectivity index (χ0v) is 11.5. The molecule has 1 aliphatic rings. The predicted octanol–water partition coefficient (Wildman–Crippen LogP) is 0.979. The van der Waals surface area contributed by atoms with E-state index in [4.69, 9.17) is 5.73 Å². The van der Waals surface area contributed by atoms with Gasteiger partial charge in [-0.25, -0.2) is 4.79 Å². The van der Waals surface area contributed by atoms with Gasteiger partial charge in [-0.2, -0.15) is 0 Å². The van der Waals surface area contributed by atoms with Crippen LogP contribution in [0.25, 0.3) is 10.2 Å². The second-order valence-electron chi connectivity index (χ2n) is 4.94. The van der Waals surface area contributed by atoms with Gasteiger partial charge in [-0.05, 0) is 44.2 Å². The lowest BCUT2D eigenvalue weighted by Gasteiger charge is -2.04. The number of nitrogens with zero attached hydrogens (tertiary/aromatic N) is 1. The van der Waals surface area contributed by atoms with Gasteiger partial charge in [0.2, 0.25) is 0 Å². The fraction of sp³-hybridized carbons (Fsp3) is 0.538. The summed E-state index contributed by atoms with van der Waals surface area (Å²) >= 11 is 1.56. The molecule has 3 rings (SSSR count). The molecule has 0 bridgehead atoms. The van der Waals surface area contributed by atoms with Crippen LogP contribution in [0, 0.1) is 0 Å².